The Morgan fingerprint density at radius 3 is 1.60 bits per heavy atom. The molecule has 0 saturated heterocycles. The van der Waals surface area contributed by atoms with Crippen LogP contribution in [0, 0.1) is 0 Å². The Balaban J connectivity index is 0.00000101. The highest BCUT2D eigenvalue weighted by atomic mass is 28.4. The van der Waals surface area contributed by atoms with E-state index < -0.39 is 16.1 Å². The molecule has 4 nitrogen and oxygen atoms in total. The fraction of sp³-hybridized carbons (Fsp3) is 0.667. The van der Waals surface area contributed by atoms with Crippen LogP contribution in [0.15, 0.2) is 24.5 Å². The molecule has 0 bridgehead atoms. The minimum Gasteiger partial charge on any atom is -0.418 e. The van der Waals surface area contributed by atoms with Crippen LogP contribution in [-0.4, -0.2) is 35.9 Å². The molecule has 10 heteroatoms. The van der Waals surface area contributed by atoms with Gasteiger partial charge < -0.3 is 30.5 Å². The van der Waals surface area contributed by atoms with Gasteiger partial charge >= 0.3 is 16.1 Å². The summed E-state index contributed by atoms with van der Waals surface area (Å²) in [4.78, 5) is 0. The number of pyridine rings is 1. The van der Waals surface area contributed by atoms with Crippen molar-refractivity contribution in [1.82, 2.24) is 0 Å². The van der Waals surface area contributed by atoms with Crippen LogP contribution in [0.1, 0.15) is 33.3 Å². The maximum Gasteiger partial charge on any atom is 0.673 e. The summed E-state index contributed by atoms with van der Waals surface area (Å²) >= 11 is 0. The molecule has 0 aliphatic carbocycles. The van der Waals surface area contributed by atoms with Crippen LogP contribution in [0.2, 0.25) is 6.04 Å². The maximum absolute atomic E-state index is 9.75. The summed E-state index contributed by atoms with van der Waals surface area (Å²) in [6.45, 7) is 11.0. The number of rotatable bonds is 10. The second-order valence-electron chi connectivity index (χ2n) is 5.01. The molecule has 25 heavy (non-hydrogen) atoms. The fourth-order valence-electron chi connectivity index (χ4n) is 2.16. The zero-order valence-corrected chi connectivity index (χ0v) is 16.3. The molecule has 0 radical (unpaired) electrons. The van der Waals surface area contributed by atoms with E-state index in [-0.39, 0.29) is 0 Å². The van der Waals surface area contributed by atoms with Gasteiger partial charge in [0.25, 0.3) is 0 Å². The SMILES string of the molecule is CCO[Si](CCc1cc[n+](CC)cc1)(OCC)OCC.F[B-](F)(F)F. The molecule has 1 aromatic rings. The van der Waals surface area contributed by atoms with Gasteiger partial charge in [-0.15, -0.1) is 0 Å². The van der Waals surface area contributed by atoms with Crippen LogP contribution in [0.25, 0.3) is 0 Å². The van der Waals surface area contributed by atoms with Crippen molar-refractivity contribution in [3.8, 4) is 0 Å². The van der Waals surface area contributed by atoms with E-state index in [9.17, 15) is 17.3 Å². The fourth-order valence-corrected chi connectivity index (χ4v) is 4.76. The molecule has 1 heterocycles. The van der Waals surface area contributed by atoms with E-state index in [1.807, 2.05) is 20.8 Å². The summed E-state index contributed by atoms with van der Waals surface area (Å²) in [6, 6.07) is 5.15. The lowest BCUT2D eigenvalue weighted by Crippen LogP contribution is -2.46. The van der Waals surface area contributed by atoms with Crippen LogP contribution in [0.4, 0.5) is 17.3 Å². The van der Waals surface area contributed by atoms with E-state index in [0.717, 1.165) is 19.0 Å². The number of nitrogens with zero attached hydrogens (tertiary/aromatic N) is 1. The first-order valence-corrected chi connectivity index (χ1v) is 10.4. The summed E-state index contributed by atoms with van der Waals surface area (Å²) in [6.07, 6.45) is 5.15. The molecule has 0 atom stereocenters. The molecule has 0 aromatic carbocycles. The summed E-state index contributed by atoms with van der Waals surface area (Å²) in [5.41, 5.74) is 1.30. The minimum atomic E-state index is -6.00. The molecule has 0 aliphatic rings. The lowest BCUT2D eigenvalue weighted by molar-refractivity contribution is -0.693. The molecule has 0 fully saturated rings. The predicted molar refractivity (Wildman–Crippen MR) is 91.6 cm³/mol. The molecule has 0 aliphatic heterocycles. The van der Waals surface area contributed by atoms with Gasteiger partial charge in [-0.2, -0.15) is 0 Å². The summed E-state index contributed by atoms with van der Waals surface area (Å²) in [7, 11) is -8.51. The largest absolute Gasteiger partial charge is 0.673 e. The van der Waals surface area contributed by atoms with Crippen LogP contribution in [0.3, 0.4) is 0 Å². The summed E-state index contributed by atoms with van der Waals surface area (Å²) in [5.74, 6) is 0. The average Bonchev–Trinajstić information content (AvgIpc) is 2.53. The standard InChI is InChI=1S/C15H28NO3Si.BF4/c1-5-16-12-9-15(10-13-16)11-14-20(17-6-2,18-7-3)19-8-4;2-1(3,4)5/h9-10,12-13H,5-8,11,14H2,1-4H3;/q+1;-1. The number of hydrogen-bond acceptors (Lipinski definition) is 3. The highest BCUT2D eigenvalue weighted by Crippen LogP contribution is 2.19. The molecule has 0 spiro atoms. The van der Waals surface area contributed by atoms with Gasteiger partial charge in [0.15, 0.2) is 12.4 Å². The first-order valence-electron chi connectivity index (χ1n) is 8.46. The number of hydrogen-bond donors (Lipinski definition) is 0. The molecule has 0 unspecified atom stereocenters. The first kappa shape index (κ1) is 24.0. The van der Waals surface area contributed by atoms with E-state index in [2.05, 4.69) is 36.0 Å². The molecule has 0 amide bonds. The molecular weight excluding hydrogens is 357 g/mol. The summed E-state index contributed by atoms with van der Waals surface area (Å²) in [5, 5.41) is 0. The van der Waals surface area contributed by atoms with Crippen LogP contribution >= 0.6 is 0 Å². The van der Waals surface area contributed by atoms with Crippen molar-refractivity contribution in [3.63, 3.8) is 0 Å². The Kier molecular flexibility index (Phi) is 11.9. The van der Waals surface area contributed by atoms with Gasteiger partial charge in [0.2, 0.25) is 0 Å². The second kappa shape index (κ2) is 12.4. The molecule has 1 aromatic heterocycles. The molecule has 0 saturated carbocycles. The van der Waals surface area contributed by atoms with Gasteiger partial charge in [-0.05, 0) is 39.7 Å². The third-order valence-corrected chi connectivity index (χ3v) is 6.19. The topological polar surface area (TPSA) is 31.6 Å². The Labute approximate surface area is 148 Å². The smallest absolute Gasteiger partial charge is 0.418 e. The van der Waals surface area contributed by atoms with Crippen molar-refractivity contribution in [3.05, 3.63) is 30.1 Å². The van der Waals surface area contributed by atoms with Gasteiger partial charge in [-0.3, -0.25) is 0 Å². The van der Waals surface area contributed by atoms with Crippen molar-refractivity contribution in [2.45, 2.75) is 46.7 Å². The van der Waals surface area contributed by atoms with Gasteiger partial charge in [0.05, 0.1) is 0 Å². The minimum absolute atomic E-state index is 0.636. The predicted octanol–water partition coefficient (Wildman–Crippen LogP) is 3.88. The number of halogens is 4. The van der Waals surface area contributed by atoms with Gasteiger partial charge in [-0.25, -0.2) is 4.57 Å². The number of aromatic nitrogens is 1. The highest BCUT2D eigenvalue weighted by Gasteiger charge is 2.39. The highest BCUT2D eigenvalue weighted by molar-refractivity contribution is 6.60. The Morgan fingerprint density at radius 1 is 0.880 bits per heavy atom. The lowest BCUT2D eigenvalue weighted by Gasteiger charge is -2.28. The molecule has 146 valence electrons. The van der Waals surface area contributed by atoms with Gasteiger partial charge in [-0.1, -0.05) is 0 Å². The van der Waals surface area contributed by atoms with Crippen LogP contribution < -0.4 is 4.57 Å². The third kappa shape index (κ3) is 12.1. The van der Waals surface area contributed by atoms with Crippen molar-refractivity contribution in [1.29, 1.82) is 0 Å². The van der Waals surface area contributed by atoms with Gasteiger partial charge in [0.1, 0.15) is 6.54 Å². The van der Waals surface area contributed by atoms with E-state index in [1.54, 1.807) is 0 Å². The number of aryl methyl sites for hydroxylation is 2. The normalized spacial score (nSPS) is 11.8. The zero-order chi connectivity index (χ0) is 19.3. The van der Waals surface area contributed by atoms with E-state index in [4.69, 9.17) is 13.3 Å². The molecule has 0 N–H and O–H groups in total. The van der Waals surface area contributed by atoms with E-state index in [1.165, 1.54) is 5.56 Å². The van der Waals surface area contributed by atoms with Crippen molar-refractivity contribution < 1.29 is 35.1 Å². The monoisotopic (exact) mass is 385 g/mol. The zero-order valence-electron chi connectivity index (χ0n) is 15.3. The van der Waals surface area contributed by atoms with Crippen molar-refractivity contribution >= 4 is 16.1 Å². The maximum atomic E-state index is 9.75. The quantitative estimate of drug-likeness (QED) is 0.348. The van der Waals surface area contributed by atoms with Crippen molar-refractivity contribution in [2.24, 2.45) is 0 Å². The Morgan fingerprint density at radius 2 is 1.28 bits per heavy atom. The van der Waals surface area contributed by atoms with Crippen molar-refractivity contribution in [2.75, 3.05) is 19.8 Å². The Bertz CT molecular complexity index is 440. The average molecular weight is 385 g/mol. The third-order valence-electron chi connectivity index (χ3n) is 3.14. The van der Waals surface area contributed by atoms with E-state index in [0.29, 0.717) is 19.8 Å². The van der Waals surface area contributed by atoms with E-state index >= 15 is 0 Å². The molecular formula is C15H28BF4NO3Si. The summed E-state index contributed by atoms with van der Waals surface area (Å²) < 4.78 is 58.8. The lowest BCUT2D eigenvalue weighted by atomic mass is 10.2. The van der Waals surface area contributed by atoms with Gasteiger partial charge in [0, 0.05) is 38.0 Å². The Hall–Kier alpha value is -0.968. The first-order chi connectivity index (χ1) is 11.7. The van der Waals surface area contributed by atoms with Crippen LogP contribution in [0.5, 0.6) is 0 Å². The second-order valence-corrected chi connectivity index (χ2v) is 7.75. The molecule has 1 rings (SSSR count). The van der Waals surface area contributed by atoms with Crippen LogP contribution in [-0.2, 0) is 26.2 Å².